The third-order valence-corrected chi connectivity index (χ3v) is 3.45. The van der Waals surface area contributed by atoms with Crippen molar-refractivity contribution in [2.45, 2.75) is 60.8 Å². The maximum Gasteiger partial charge on any atom is 0.00103 e. The maximum absolute atomic E-state index is 2.67. The zero-order valence-electron chi connectivity index (χ0n) is 12.3. The highest BCUT2D eigenvalue weighted by Gasteiger charge is 2.26. The first-order valence-electron chi connectivity index (χ1n) is 6.88. The normalized spacial score (nSPS) is 24.0. The fourth-order valence-corrected chi connectivity index (χ4v) is 2.64. The molecule has 1 rings (SSSR count). The summed E-state index contributed by atoms with van der Waals surface area (Å²) in [6.45, 7) is 18.1. The van der Waals surface area contributed by atoms with Crippen molar-refractivity contribution in [3.8, 4) is 0 Å². The molecule has 0 aromatic carbocycles. The predicted octanol–water partition coefficient (Wildman–Crippen LogP) is 4.18. The second-order valence-corrected chi connectivity index (χ2v) is 8.03. The van der Waals surface area contributed by atoms with Gasteiger partial charge < -0.3 is 4.90 Å². The lowest BCUT2D eigenvalue weighted by atomic mass is 9.84. The van der Waals surface area contributed by atoms with E-state index in [4.69, 9.17) is 0 Å². The predicted molar refractivity (Wildman–Crippen MR) is 72.7 cm³/mol. The van der Waals surface area contributed by atoms with E-state index in [2.05, 4.69) is 46.4 Å². The molecule has 1 heterocycles. The van der Waals surface area contributed by atoms with E-state index in [0.717, 1.165) is 5.92 Å². The van der Waals surface area contributed by atoms with Gasteiger partial charge in [0.15, 0.2) is 0 Å². The first kappa shape index (κ1) is 14.0. The lowest BCUT2D eigenvalue weighted by Crippen LogP contribution is -2.26. The highest BCUT2D eigenvalue weighted by atomic mass is 15.1. The number of hydrogen-bond acceptors (Lipinski definition) is 1. The lowest BCUT2D eigenvalue weighted by molar-refractivity contribution is 0.242. The second-order valence-electron chi connectivity index (χ2n) is 8.03. The maximum atomic E-state index is 2.67. The summed E-state index contributed by atoms with van der Waals surface area (Å²) >= 11 is 0. The molecule has 0 aromatic rings. The van der Waals surface area contributed by atoms with Gasteiger partial charge in [-0.2, -0.15) is 0 Å². The molecule has 0 amide bonds. The van der Waals surface area contributed by atoms with Crippen molar-refractivity contribution in [3.63, 3.8) is 0 Å². The molecule has 16 heavy (non-hydrogen) atoms. The highest BCUT2D eigenvalue weighted by molar-refractivity contribution is 4.80. The van der Waals surface area contributed by atoms with Crippen LogP contribution in [0.3, 0.4) is 0 Å². The van der Waals surface area contributed by atoms with Crippen molar-refractivity contribution in [3.05, 3.63) is 0 Å². The van der Waals surface area contributed by atoms with Crippen LogP contribution in [0.4, 0.5) is 0 Å². The minimum Gasteiger partial charge on any atom is -0.303 e. The molecule has 1 nitrogen and oxygen atoms in total. The zero-order valence-corrected chi connectivity index (χ0v) is 12.3. The topological polar surface area (TPSA) is 3.24 Å². The highest BCUT2D eigenvalue weighted by Crippen LogP contribution is 2.31. The number of nitrogens with zero attached hydrogens (tertiary/aromatic N) is 1. The van der Waals surface area contributed by atoms with Crippen LogP contribution < -0.4 is 0 Å². The van der Waals surface area contributed by atoms with Gasteiger partial charge in [0.25, 0.3) is 0 Å². The summed E-state index contributed by atoms with van der Waals surface area (Å²) in [4.78, 5) is 2.67. The van der Waals surface area contributed by atoms with Crippen LogP contribution in [0.5, 0.6) is 0 Å². The van der Waals surface area contributed by atoms with Gasteiger partial charge in [-0.3, -0.25) is 0 Å². The van der Waals surface area contributed by atoms with Gasteiger partial charge in [0.2, 0.25) is 0 Å². The van der Waals surface area contributed by atoms with Crippen LogP contribution >= 0.6 is 0 Å². The number of likely N-dealkylation sites (tertiary alicyclic amines) is 1. The van der Waals surface area contributed by atoms with Crippen LogP contribution in [-0.4, -0.2) is 24.5 Å². The SMILES string of the molecule is CC(C)(C)CCN1CC[C@@H](CC(C)(C)C)C1. The van der Waals surface area contributed by atoms with Crippen LogP contribution in [0.1, 0.15) is 60.8 Å². The summed E-state index contributed by atoms with van der Waals surface area (Å²) in [7, 11) is 0. The van der Waals surface area contributed by atoms with E-state index < -0.39 is 0 Å². The standard InChI is InChI=1S/C15H31N/c1-14(2,3)8-10-16-9-7-13(12-16)11-15(4,5)6/h13H,7-12H2,1-6H3/t13-/m0/s1. The van der Waals surface area contributed by atoms with E-state index in [1.54, 1.807) is 0 Å². The summed E-state index contributed by atoms with van der Waals surface area (Å²) in [5.41, 5.74) is 0.993. The van der Waals surface area contributed by atoms with Crippen LogP contribution in [0, 0.1) is 16.7 Å². The molecular formula is C15H31N. The Hall–Kier alpha value is -0.0400. The lowest BCUT2D eigenvalue weighted by Gasteiger charge is -2.25. The first-order chi connectivity index (χ1) is 7.16. The minimum atomic E-state index is 0.488. The Morgan fingerprint density at radius 2 is 1.62 bits per heavy atom. The van der Waals surface area contributed by atoms with Gasteiger partial charge in [-0.1, -0.05) is 41.5 Å². The monoisotopic (exact) mass is 225 g/mol. The van der Waals surface area contributed by atoms with Crippen molar-refractivity contribution in [1.82, 2.24) is 4.90 Å². The average molecular weight is 225 g/mol. The van der Waals surface area contributed by atoms with Gasteiger partial charge in [-0.25, -0.2) is 0 Å². The molecule has 1 saturated heterocycles. The minimum absolute atomic E-state index is 0.488. The van der Waals surface area contributed by atoms with Gasteiger partial charge in [0.05, 0.1) is 0 Å². The number of hydrogen-bond donors (Lipinski definition) is 0. The zero-order chi connectivity index (χ0) is 12.4. The molecule has 0 bridgehead atoms. The molecule has 0 spiro atoms. The van der Waals surface area contributed by atoms with Crippen LogP contribution in [0.2, 0.25) is 0 Å². The molecule has 0 aliphatic carbocycles. The van der Waals surface area contributed by atoms with Crippen molar-refractivity contribution >= 4 is 0 Å². The molecule has 1 fully saturated rings. The van der Waals surface area contributed by atoms with E-state index in [1.165, 1.54) is 38.9 Å². The van der Waals surface area contributed by atoms with E-state index in [-0.39, 0.29) is 0 Å². The van der Waals surface area contributed by atoms with Gasteiger partial charge in [-0.15, -0.1) is 0 Å². The Morgan fingerprint density at radius 1 is 1.00 bits per heavy atom. The Bertz CT molecular complexity index is 206. The largest absolute Gasteiger partial charge is 0.303 e. The third-order valence-electron chi connectivity index (χ3n) is 3.45. The molecule has 0 aromatic heterocycles. The van der Waals surface area contributed by atoms with Crippen molar-refractivity contribution in [1.29, 1.82) is 0 Å². The summed E-state index contributed by atoms with van der Waals surface area (Å²) < 4.78 is 0. The first-order valence-corrected chi connectivity index (χ1v) is 6.88. The molecule has 1 atom stereocenters. The van der Waals surface area contributed by atoms with Crippen LogP contribution in [0.15, 0.2) is 0 Å². The van der Waals surface area contributed by atoms with Crippen LogP contribution in [-0.2, 0) is 0 Å². The molecule has 1 heteroatoms. The fraction of sp³-hybridized carbons (Fsp3) is 1.00. The van der Waals surface area contributed by atoms with E-state index in [1.807, 2.05) is 0 Å². The van der Waals surface area contributed by atoms with Crippen molar-refractivity contribution in [2.24, 2.45) is 16.7 Å². The van der Waals surface area contributed by atoms with Gasteiger partial charge in [-0.05, 0) is 49.1 Å². The molecule has 0 radical (unpaired) electrons. The quantitative estimate of drug-likeness (QED) is 0.696. The Labute approximate surface area is 103 Å². The molecule has 96 valence electrons. The summed E-state index contributed by atoms with van der Waals surface area (Å²) in [5.74, 6) is 0.944. The Balaban J connectivity index is 2.25. The molecule has 1 aliphatic rings. The number of rotatable bonds is 3. The summed E-state index contributed by atoms with van der Waals surface area (Å²) in [6.07, 6.45) is 4.13. The van der Waals surface area contributed by atoms with Crippen LogP contribution in [0.25, 0.3) is 0 Å². The van der Waals surface area contributed by atoms with E-state index >= 15 is 0 Å². The van der Waals surface area contributed by atoms with Gasteiger partial charge in [0, 0.05) is 6.54 Å². The Kier molecular flexibility index (Phi) is 4.45. The van der Waals surface area contributed by atoms with Gasteiger partial charge in [0.1, 0.15) is 0 Å². The fourth-order valence-electron chi connectivity index (χ4n) is 2.64. The smallest absolute Gasteiger partial charge is 0.00103 e. The van der Waals surface area contributed by atoms with E-state index in [9.17, 15) is 0 Å². The van der Waals surface area contributed by atoms with Crippen molar-refractivity contribution in [2.75, 3.05) is 19.6 Å². The average Bonchev–Trinajstić information content (AvgIpc) is 2.44. The molecule has 1 aliphatic heterocycles. The second kappa shape index (κ2) is 5.08. The Morgan fingerprint density at radius 3 is 2.12 bits per heavy atom. The van der Waals surface area contributed by atoms with Gasteiger partial charge >= 0.3 is 0 Å². The van der Waals surface area contributed by atoms with Crippen molar-refractivity contribution < 1.29 is 0 Å². The molecule has 0 N–H and O–H groups in total. The molecule has 0 saturated carbocycles. The summed E-state index contributed by atoms with van der Waals surface area (Å²) in [5, 5.41) is 0. The molecule has 0 unspecified atom stereocenters. The summed E-state index contributed by atoms with van der Waals surface area (Å²) in [6, 6.07) is 0. The third kappa shape index (κ3) is 5.89. The molecular weight excluding hydrogens is 194 g/mol. The van der Waals surface area contributed by atoms with E-state index in [0.29, 0.717) is 10.8 Å².